The van der Waals surface area contributed by atoms with Crippen LogP contribution in [0.4, 0.5) is 0 Å². The highest BCUT2D eigenvalue weighted by atomic mass is 16.6. The lowest BCUT2D eigenvalue weighted by atomic mass is 10.0. The van der Waals surface area contributed by atoms with Crippen LogP contribution in [0, 0.1) is 0 Å². The summed E-state index contributed by atoms with van der Waals surface area (Å²) >= 11 is 0. The second-order valence-corrected chi connectivity index (χ2v) is 17.2. The Morgan fingerprint density at radius 2 is 0.719 bits per heavy atom. The van der Waals surface area contributed by atoms with Crippen LogP contribution in [0.25, 0.3) is 0 Å². The predicted molar refractivity (Wildman–Crippen MR) is 274 cm³/mol. The lowest BCUT2D eigenvalue weighted by Crippen LogP contribution is -2.30. The van der Waals surface area contributed by atoms with Crippen molar-refractivity contribution in [3.63, 3.8) is 0 Å². The number of ether oxygens (including phenoxy) is 3. The van der Waals surface area contributed by atoms with Crippen molar-refractivity contribution in [1.29, 1.82) is 0 Å². The van der Waals surface area contributed by atoms with Crippen LogP contribution in [0.15, 0.2) is 97.2 Å². The van der Waals surface area contributed by atoms with Gasteiger partial charge in [-0.1, -0.05) is 246 Å². The quantitative estimate of drug-likeness (QED) is 0.0199. The second kappa shape index (κ2) is 52.0. The number of esters is 3. The van der Waals surface area contributed by atoms with Gasteiger partial charge in [-0.15, -0.1) is 0 Å². The molecule has 0 bridgehead atoms. The molecule has 0 aliphatic carbocycles. The molecular weight excluding hydrogens is 793 g/mol. The van der Waals surface area contributed by atoms with E-state index in [9.17, 15) is 14.4 Å². The fraction of sp³-hybridized carbons (Fsp3) is 0.672. The molecule has 0 N–H and O–H groups in total. The minimum atomic E-state index is -0.807. The summed E-state index contributed by atoms with van der Waals surface area (Å²) < 4.78 is 16.7. The molecule has 1 atom stereocenters. The Balaban J connectivity index is 4.45. The number of hydrogen-bond donors (Lipinski definition) is 0. The first-order chi connectivity index (χ1) is 31.5. The Bertz CT molecular complexity index is 1300. The Labute approximate surface area is 394 Å². The second-order valence-electron chi connectivity index (χ2n) is 17.2. The molecule has 0 aromatic heterocycles. The van der Waals surface area contributed by atoms with Crippen molar-refractivity contribution < 1.29 is 28.6 Å². The highest BCUT2D eigenvalue weighted by Gasteiger charge is 2.19. The molecule has 0 saturated heterocycles. The van der Waals surface area contributed by atoms with Crippen LogP contribution in [0.2, 0.25) is 0 Å². The molecule has 0 rings (SSSR count). The number of carbonyl (C=O) groups excluding carboxylic acids is 3. The molecule has 0 radical (unpaired) electrons. The summed E-state index contributed by atoms with van der Waals surface area (Å²) in [6.45, 7) is 6.36. The summed E-state index contributed by atoms with van der Waals surface area (Å²) in [7, 11) is 0. The number of allylic oxidation sites excluding steroid dienone is 16. The van der Waals surface area contributed by atoms with Gasteiger partial charge < -0.3 is 14.2 Å². The van der Waals surface area contributed by atoms with Crippen LogP contribution in [0.1, 0.15) is 233 Å². The van der Waals surface area contributed by atoms with Crippen LogP contribution in [0.3, 0.4) is 0 Å². The van der Waals surface area contributed by atoms with Gasteiger partial charge in [0, 0.05) is 19.3 Å². The third-order valence-electron chi connectivity index (χ3n) is 10.9. The topological polar surface area (TPSA) is 78.9 Å². The van der Waals surface area contributed by atoms with E-state index in [0.717, 1.165) is 89.9 Å². The van der Waals surface area contributed by atoms with Crippen LogP contribution in [-0.4, -0.2) is 37.2 Å². The van der Waals surface area contributed by atoms with E-state index in [1.807, 2.05) is 24.3 Å². The van der Waals surface area contributed by atoms with E-state index in [4.69, 9.17) is 14.2 Å². The molecule has 0 aromatic carbocycles. The average molecular weight is 889 g/mol. The van der Waals surface area contributed by atoms with E-state index in [1.165, 1.54) is 96.3 Å². The Morgan fingerprint density at radius 3 is 1.20 bits per heavy atom. The maximum absolute atomic E-state index is 12.8. The van der Waals surface area contributed by atoms with Gasteiger partial charge in [-0.25, -0.2) is 0 Å². The molecule has 1 unspecified atom stereocenters. The number of hydrogen-bond acceptors (Lipinski definition) is 6. The van der Waals surface area contributed by atoms with Gasteiger partial charge in [0.15, 0.2) is 6.10 Å². The molecule has 64 heavy (non-hydrogen) atoms. The first kappa shape index (κ1) is 60.3. The minimum absolute atomic E-state index is 0.106. The van der Waals surface area contributed by atoms with Gasteiger partial charge in [0.2, 0.25) is 0 Å². The van der Waals surface area contributed by atoms with E-state index in [2.05, 4.69) is 93.7 Å². The summed E-state index contributed by atoms with van der Waals surface area (Å²) in [5.41, 5.74) is 0. The van der Waals surface area contributed by atoms with Gasteiger partial charge in [0.1, 0.15) is 13.2 Å². The van der Waals surface area contributed by atoms with Gasteiger partial charge in [0.25, 0.3) is 0 Å². The van der Waals surface area contributed by atoms with Gasteiger partial charge in [0.05, 0.1) is 0 Å². The Kier molecular flexibility index (Phi) is 49.0. The monoisotopic (exact) mass is 889 g/mol. The summed E-state index contributed by atoms with van der Waals surface area (Å²) in [5, 5.41) is 0. The maximum atomic E-state index is 12.8. The van der Waals surface area contributed by atoms with Gasteiger partial charge in [-0.3, -0.25) is 14.4 Å². The number of unbranched alkanes of at least 4 members (excludes halogenated alkanes) is 23. The van der Waals surface area contributed by atoms with Crippen molar-refractivity contribution in [3.8, 4) is 0 Å². The SMILES string of the molecule is CC/C=C\C/C=C\C/C=C\CCCC(=O)OCC(COC(=O)CCCCCCC\C=C/C=C\C=C/C=C\C=C/CCC)OC(=O)CCCCCCCCCCCCCCCCCCC. The van der Waals surface area contributed by atoms with E-state index in [-0.39, 0.29) is 37.5 Å². The molecule has 0 spiro atoms. The summed E-state index contributed by atoms with van der Waals surface area (Å²) in [6, 6.07) is 0. The molecule has 6 nitrogen and oxygen atoms in total. The third kappa shape index (κ3) is 49.3. The molecule has 0 amide bonds. The van der Waals surface area contributed by atoms with Crippen molar-refractivity contribution in [2.24, 2.45) is 0 Å². The van der Waals surface area contributed by atoms with Crippen molar-refractivity contribution in [2.75, 3.05) is 13.2 Å². The van der Waals surface area contributed by atoms with Gasteiger partial charge >= 0.3 is 17.9 Å². The molecule has 0 aliphatic rings. The molecule has 0 fully saturated rings. The van der Waals surface area contributed by atoms with Crippen molar-refractivity contribution >= 4 is 17.9 Å². The summed E-state index contributed by atoms with van der Waals surface area (Å²) in [6.07, 6.45) is 68.3. The normalized spacial score (nSPS) is 12.9. The number of rotatable bonds is 46. The van der Waals surface area contributed by atoms with Crippen molar-refractivity contribution in [3.05, 3.63) is 97.2 Å². The van der Waals surface area contributed by atoms with Crippen LogP contribution in [0.5, 0.6) is 0 Å². The lowest BCUT2D eigenvalue weighted by Gasteiger charge is -2.18. The first-order valence-corrected chi connectivity index (χ1v) is 26.3. The molecule has 0 aromatic rings. The van der Waals surface area contributed by atoms with Crippen LogP contribution < -0.4 is 0 Å². The average Bonchev–Trinajstić information content (AvgIpc) is 3.29. The molecular formula is C58H96O6. The third-order valence-corrected chi connectivity index (χ3v) is 10.9. The molecule has 0 heterocycles. The standard InChI is InChI=1S/C58H96O6/c1-4-7-10-13-16-19-22-24-26-28-30-31-33-36-39-42-45-48-51-57(60)63-54-55(53-62-56(59)50-47-44-41-38-35-21-18-15-12-9-6-3)64-58(61)52-49-46-43-40-37-34-32-29-27-25-23-20-17-14-11-8-5-2/h9-10,12-13,16,18-19,21-22,24,26,28,30-31,38,41,55H,4-8,11,14-15,17,20,23,25,27,29,32-37,39-40,42-54H2,1-3H3/b12-9-,13-10-,19-16-,21-18-,24-22-,28-26-,31-30-,41-38-. The van der Waals surface area contributed by atoms with E-state index >= 15 is 0 Å². The molecule has 6 heteroatoms. The molecule has 0 saturated carbocycles. The van der Waals surface area contributed by atoms with E-state index in [1.54, 1.807) is 0 Å². The molecule has 364 valence electrons. The van der Waals surface area contributed by atoms with Crippen LogP contribution in [-0.2, 0) is 28.6 Å². The highest BCUT2D eigenvalue weighted by Crippen LogP contribution is 2.15. The zero-order valence-electron chi connectivity index (χ0n) is 41.5. The van der Waals surface area contributed by atoms with Crippen molar-refractivity contribution in [2.45, 2.75) is 239 Å². The van der Waals surface area contributed by atoms with Crippen LogP contribution >= 0.6 is 0 Å². The summed E-state index contributed by atoms with van der Waals surface area (Å²) in [5.74, 6) is -0.984. The number of carbonyl (C=O) groups is 3. The Morgan fingerprint density at radius 1 is 0.344 bits per heavy atom. The predicted octanol–water partition coefficient (Wildman–Crippen LogP) is 17.4. The minimum Gasteiger partial charge on any atom is -0.462 e. The van der Waals surface area contributed by atoms with Gasteiger partial charge in [-0.05, 0) is 64.2 Å². The van der Waals surface area contributed by atoms with E-state index in [0.29, 0.717) is 19.3 Å². The zero-order valence-corrected chi connectivity index (χ0v) is 41.5. The fourth-order valence-electron chi connectivity index (χ4n) is 7.03. The lowest BCUT2D eigenvalue weighted by molar-refractivity contribution is -0.167. The Hall–Kier alpha value is -3.67. The summed E-state index contributed by atoms with van der Waals surface area (Å²) in [4.78, 5) is 38.0. The maximum Gasteiger partial charge on any atom is 0.306 e. The largest absolute Gasteiger partial charge is 0.462 e. The highest BCUT2D eigenvalue weighted by molar-refractivity contribution is 5.71. The first-order valence-electron chi connectivity index (χ1n) is 26.3. The van der Waals surface area contributed by atoms with Crippen molar-refractivity contribution in [1.82, 2.24) is 0 Å². The van der Waals surface area contributed by atoms with Gasteiger partial charge in [-0.2, -0.15) is 0 Å². The van der Waals surface area contributed by atoms with E-state index < -0.39 is 6.10 Å². The smallest absolute Gasteiger partial charge is 0.306 e. The zero-order chi connectivity index (χ0) is 46.5. The molecule has 0 aliphatic heterocycles. The fourth-order valence-corrected chi connectivity index (χ4v) is 7.03.